The molecule has 1 heterocycles. The predicted molar refractivity (Wildman–Crippen MR) is 124 cm³/mol. The zero-order valence-corrected chi connectivity index (χ0v) is 18.5. The molecule has 1 aromatic heterocycles. The molecule has 3 aromatic rings. The van der Waals surface area contributed by atoms with E-state index in [-0.39, 0.29) is 0 Å². The Morgan fingerprint density at radius 1 is 0.867 bits per heavy atom. The Hall–Kier alpha value is -2.62. The lowest BCUT2D eigenvalue weighted by atomic mass is 10.0. The Morgan fingerprint density at radius 2 is 1.53 bits per heavy atom. The first-order valence-corrected chi connectivity index (χ1v) is 11.5. The van der Waals surface area contributed by atoms with Gasteiger partial charge < -0.3 is 5.11 Å². The largest absolute Gasteiger partial charge is 0.505 e. The monoisotopic (exact) mass is 405 g/mol. The fraction of sp³-hybridized carbons (Fsp3) is 0.462. The zero-order valence-electron chi connectivity index (χ0n) is 18.5. The van der Waals surface area contributed by atoms with Gasteiger partial charge in [0.05, 0.1) is 6.20 Å². The molecule has 0 radical (unpaired) electrons. The van der Waals surface area contributed by atoms with E-state index >= 15 is 0 Å². The molecule has 0 spiro atoms. The van der Waals surface area contributed by atoms with E-state index in [2.05, 4.69) is 30.1 Å². The minimum Gasteiger partial charge on any atom is -0.505 e. The van der Waals surface area contributed by atoms with Gasteiger partial charge in [-0.15, -0.1) is 9.90 Å². The minimum atomic E-state index is 0.301. The molecule has 0 aliphatic heterocycles. The molecule has 0 amide bonds. The Labute approximate surface area is 181 Å². The molecule has 0 atom stereocenters. The molecule has 0 unspecified atom stereocenters. The van der Waals surface area contributed by atoms with Gasteiger partial charge in [-0.3, -0.25) is 0 Å². The highest BCUT2D eigenvalue weighted by atomic mass is 16.3. The number of benzene rings is 2. The van der Waals surface area contributed by atoms with Crippen LogP contribution in [-0.2, 0) is 6.42 Å². The molecule has 160 valence electrons. The fourth-order valence-corrected chi connectivity index (χ4v) is 3.92. The van der Waals surface area contributed by atoms with E-state index in [1.165, 1.54) is 51.4 Å². The van der Waals surface area contributed by atoms with Gasteiger partial charge in [0.1, 0.15) is 17.1 Å². The SMILES string of the molecule is CCCCCCCCCCCc1cc(C)cc(-n2ncc(-c3ccccc3)n2)c1O. The van der Waals surface area contributed by atoms with Crippen molar-refractivity contribution in [3.63, 3.8) is 0 Å². The lowest BCUT2D eigenvalue weighted by molar-refractivity contribution is 0.458. The molecule has 0 bridgehead atoms. The van der Waals surface area contributed by atoms with E-state index in [9.17, 15) is 5.11 Å². The summed E-state index contributed by atoms with van der Waals surface area (Å²) < 4.78 is 0. The third-order valence-corrected chi connectivity index (χ3v) is 5.64. The van der Waals surface area contributed by atoms with E-state index in [0.717, 1.165) is 35.2 Å². The number of unbranched alkanes of at least 4 members (excludes halogenated alkanes) is 8. The lowest BCUT2D eigenvalue weighted by Gasteiger charge is -2.11. The number of rotatable bonds is 12. The maximum absolute atomic E-state index is 10.9. The summed E-state index contributed by atoms with van der Waals surface area (Å²) in [4.78, 5) is 1.55. The average Bonchev–Trinajstić information content (AvgIpc) is 3.25. The van der Waals surface area contributed by atoms with Gasteiger partial charge >= 0.3 is 0 Å². The normalized spacial score (nSPS) is 11.1. The maximum atomic E-state index is 10.9. The number of phenolic OH excluding ortho intramolecular Hbond substituents is 1. The summed E-state index contributed by atoms with van der Waals surface area (Å²) in [7, 11) is 0. The number of hydrogen-bond donors (Lipinski definition) is 1. The summed E-state index contributed by atoms with van der Waals surface area (Å²) in [6, 6.07) is 14.0. The molecule has 4 heteroatoms. The Kier molecular flexibility index (Phi) is 8.49. The summed E-state index contributed by atoms with van der Waals surface area (Å²) in [5, 5.41) is 19.9. The second-order valence-electron chi connectivity index (χ2n) is 8.26. The van der Waals surface area contributed by atoms with Crippen LogP contribution in [0.25, 0.3) is 16.9 Å². The van der Waals surface area contributed by atoms with Crippen molar-refractivity contribution >= 4 is 0 Å². The number of aryl methyl sites for hydroxylation is 2. The van der Waals surface area contributed by atoms with Crippen LogP contribution in [0.15, 0.2) is 48.7 Å². The van der Waals surface area contributed by atoms with Crippen LogP contribution >= 0.6 is 0 Å². The standard InChI is InChI=1S/C26H35N3O/c1-3-4-5-6-7-8-9-10-12-17-23-18-21(2)19-25(26(23)30)29-27-20-24(28-29)22-15-13-11-14-16-22/h11,13-16,18-20,30H,3-10,12,17H2,1-2H3. The average molecular weight is 406 g/mol. The van der Waals surface area contributed by atoms with Crippen LogP contribution in [0.4, 0.5) is 0 Å². The van der Waals surface area contributed by atoms with Gasteiger partial charge in [-0.1, -0.05) is 94.7 Å². The minimum absolute atomic E-state index is 0.301. The summed E-state index contributed by atoms with van der Waals surface area (Å²) in [5.74, 6) is 0.301. The van der Waals surface area contributed by atoms with Crippen LogP contribution in [0.2, 0.25) is 0 Å². The van der Waals surface area contributed by atoms with Crippen molar-refractivity contribution in [1.29, 1.82) is 0 Å². The number of hydrogen-bond acceptors (Lipinski definition) is 3. The van der Waals surface area contributed by atoms with Gasteiger partial charge in [0.15, 0.2) is 0 Å². The first kappa shape index (κ1) is 22.1. The van der Waals surface area contributed by atoms with Gasteiger partial charge in [-0.2, -0.15) is 5.10 Å². The lowest BCUT2D eigenvalue weighted by Crippen LogP contribution is -2.02. The summed E-state index contributed by atoms with van der Waals surface area (Å²) >= 11 is 0. The van der Waals surface area contributed by atoms with Crippen LogP contribution in [-0.4, -0.2) is 20.1 Å². The van der Waals surface area contributed by atoms with Crippen molar-refractivity contribution in [3.8, 4) is 22.7 Å². The van der Waals surface area contributed by atoms with E-state index in [0.29, 0.717) is 11.4 Å². The van der Waals surface area contributed by atoms with Crippen LogP contribution in [0.5, 0.6) is 5.75 Å². The van der Waals surface area contributed by atoms with Crippen molar-refractivity contribution in [1.82, 2.24) is 15.0 Å². The number of aromatic nitrogens is 3. The van der Waals surface area contributed by atoms with Crippen molar-refractivity contribution in [3.05, 3.63) is 59.8 Å². The van der Waals surface area contributed by atoms with Crippen molar-refractivity contribution in [2.24, 2.45) is 0 Å². The van der Waals surface area contributed by atoms with Crippen LogP contribution in [0, 0.1) is 6.92 Å². The zero-order chi connectivity index (χ0) is 21.2. The van der Waals surface area contributed by atoms with Crippen LogP contribution in [0.1, 0.15) is 75.8 Å². The first-order chi connectivity index (χ1) is 14.7. The molecule has 2 aromatic carbocycles. The molecule has 0 saturated heterocycles. The molecule has 0 fully saturated rings. The molecule has 0 aliphatic rings. The topological polar surface area (TPSA) is 50.9 Å². The molecule has 4 nitrogen and oxygen atoms in total. The molecule has 0 saturated carbocycles. The molecule has 30 heavy (non-hydrogen) atoms. The summed E-state index contributed by atoms with van der Waals surface area (Å²) in [6.07, 6.45) is 14.4. The van der Waals surface area contributed by atoms with Gasteiger partial charge in [-0.25, -0.2) is 0 Å². The second kappa shape index (κ2) is 11.5. The van der Waals surface area contributed by atoms with Gasteiger partial charge in [0, 0.05) is 5.56 Å². The second-order valence-corrected chi connectivity index (χ2v) is 8.26. The highest BCUT2D eigenvalue weighted by molar-refractivity contribution is 5.58. The predicted octanol–water partition coefficient (Wildman–Crippen LogP) is 7.02. The molecule has 3 rings (SSSR count). The van der Waals surface area contributed by atoms with Gasteiger partial charge in [0.25, 0.3) is 0 Å². The van der Waals surface area contributed by atoms with E-state index in [1.54, 1.807) is 11.0 Å². The summed E-state index contributed by atoms with van der Waals surface area (Å²) in [6.45, 7) is 4.32. The molecular weight excluding hydrogens is 370 g/mol. The molecule has 1 N–H and O–H groups in total. The third-order valence-electron chi connectivity index (χ3n) is 5.64. The molecular formula is C26H35N3O. The highest BCUT2D eigenvalue weighted by Crippen LogP contribution is 2.29. The Morgan fingerprint density at radius 3 is 2.23 bits per heavy atom. The number of aromatic hydroxyl groups is 1. The summed E-state index contributed by atoms with van der Waals surface area (Å²) in [5.41, 5.74) is 4.59. The highest BCUT2D eigenvalue weighted by Gasteiger charge is 2.13. The third kappa shape index (κ3) is 6.19. The number of nitrogens with zero attached hydrogens (tertiary/aromatic N) is 3. The smallest absolute Gasteiger partial charge is 0.146 e. The fourth-order valence-electron chi connectivity index (χ4n) is 3.92. The van der Waals surface area contributed by atoms with E-state index < -0.39 is 0 Å². The van der Waals surface area contributed by atoms with Crippen molar-refractivity contribution in [2.45, 2.75) is 78.1 Å². The van der Waals surface area contributed by atoms with Crippen molar-refractivity contribution < 1.29 is 5.11 Å². The van der Waals surface area contributed by atoms with E-state index in [4.69, 9.17) is 0 Å². The molecule has 0 aliphatic carbocycles. The van der Waals surface area contributed by atoms with Crippen molar-refractivity contribution in [2.75, 3.05) is 0 Å². The van der Waals surface area contributed by atoms with E-state index in [1.807, 2.05) is 36.4 Å². The quantitative estimate of drug-likeness (QED) is 0.329. The van der Waals surface area contributed by atoms with Gasteiger partial charge in [-0.05, 0) is 37.0 Å². The Bertz CT molecular complexity index is 902. The first-order valence-electron chi connectivity index (χ1n) is 11.5. The Balaban J connectivity index is 1.57. The van der Waals surface area contributed by atoms with Crippen LogP contribution in [0.3, 0.4) is 0 Å². The van der Waals surface area contributed by atoms with Gasteiger partial charge in [0.2, 0.25) is 0 Å². The van der Waals surface area contributed by atoms with Crippen LogP contribution < -0.4 is 0 Å². The maximum Gasteiger partial charge on any atom is 0.146 e. The number of phenols is 1.